The first kappa shape index (κ1) is 13.9. The van der Waals surface area contributed by atoms with Gasteiger partial charge < -0.3 is 10.1 Å². The van der Waals surface area contributed by atoms with E-state index in [1.54, 1.807) is 0 Å². The lowest BCUT2D eigenvalue weighted by Crippen LogP contribution is -2.51. The molecule has 0 saturated carbocycles. The lowest BCUT2D eigenvalue weighted by atomic mass is 10.0. The van der Waals surface area contributed by atoms with Crippen LogP contribution in [0.15, 0.2) is 0 Å². The Labute approximate surface area is 101 Å². The Balaban J connectivity index is 2.32. The molecule has 0 aliphatic carbocycles. The van der Waals surface area contributed by atoms with E-state index >= 15 is 0 Å². The summed E-state index contributed by atoms with van der Waals surface area (Å²) in [7, 11) is 2.04. The molecule has 1 fully saturated rings. The Hall–Kier alpha value is -0.120. The van der Waals surface area contributed by atoms with Gasteiger partial charge in [-0.15, -0.1) is 0 Å². The van der Waals surface area contributed by atoms with Gasteiger partial charge in [0.25, 0.3) is 0 Å². The molecule has 0 aromatic carbocycles. The maximum atomic E-state index is 5.85. The summed E-state index contributed by atoms with van der Waals surface area (Å²) in [6.45, 7) is 11.0. The molecule has 1 heterocycles. The number of rotatable bonds is 6. The van der Waals surface area contributed by atoms with E-state index in [1.165, 1.54) is 19.4 Å². The minimum Gasteiger partial charge on any atom is -0.377 e. The molecule has 3 nitrogen and oxygen atoms in total. The van der Waals surface area contributed by atoms with Gasteiger partial charge in [-0.25, -0.2) is 0 Å². The third kappa shape index (κ3) is 4.81. The maximum absolute atomic E-state index is 5.85. The lowest BCUT2D eigenvalue weighted by molar-refractivity contribution is -0.00532. The van der Waals surface area contributed by atoms with Crippen molar-refractivity contribution in [3.8, 4) is 0 Å². The Bertz CT molecular complexity index is 194. The second kappa shape index (κ2) is 6.58. The first-order valence-electron chi connectivity index (χ1n) is 6.60. The summed E-state index contributed by atoms with van der Waals surface area (Å²) in [5.41, 5.74) is 0.201. The van der Waals surface area contributed by atoms with Crippen LogP contribution in [0.5, 0.6) is 0 Å². The fraction of sp³-hybridized carbons (Fsp3) is 1.00. The van der Waals surface area contributed by atoms with E-state index in [9.17, 15) is 0 Å². The third-order valence-electron chi connectivity index (χ3n) is 3.32. The van der Waals surface area contributed by atoms with Crippen LogP contribution in [0.4, 0.5) is 0 Å². The van der Waals surface area contributed by atoms with Crippen LogP contribution in [0.25, 0.3) is 0 Å². The van der Waals surface area contributed by atoms with Crippen LogP contribution in [0.1, 0.15) is 40.0 Å². The SMILES string of the molecule is CCCOC1CCCN(CC(C)(C)NC)C1. The molecule has 1 atom stereocenters. The molecule has 0 amide bonds. The van der Waals surface area contributed by atoms with Crippen molar-refractivity contribution in [3.05, 3.63) is 0 Å². The molecule has 1 saturated heterocycles. The fourth-order valence-corrected chi connectivity index (χ4v) is 2.22. The van der Waals surface area contributed by atoms with Crippen molar-refractivity contribution in [3.63, 3.8) is 0 Å². The van der Waals surface area contributed by atoms with Gasteiger partial charge in [-0.3, -0.25) is 4.90 Å². The first-order valence-corrected chi connectivity index (χ1v) is 6.60. The van der Waals surface area contributed by atoms with Gasteiger partial charge in [0.2, 0.25) is 0 Å². The summed E-state index contributed by atoms with van der Waals surface area (Å²) in [4.78, 5) is 2.53. The van der Waals surface area contributed by atoms with Crippen LogP contribution in [-0.4, -0.2) is 49.8 Å². The second-order valence-electron chi connectivity index (χ2n) is 5.50. The summed E-state index contributed by atoms with van der Waals surface area (Å²) < 4.78 is 5.85. The van der Waals surface area contributed by atoms with Crippen molar-refractivity contribution in [2.75, 3.05) is 33.3 Å². The second-order valence-corrected chi connectivity index (χ2v) is 5.50. The maximum Gasteiger partial charge on any atom is 0.0702 e. The molecule has 1 rings (SSSR count). The van der Waals surface area contributed by atoms with E-state index in [0.29, 0.717) is 6.10 Å². The lowest BCUT2D eigenvalue weighted by Gasteiger charge is -2.37. The average Bonchev–Trinajstić information content (AvgIpc) is 2.26. The van der Waals surface area contributed by atoms with Crippen LogP contribution in [0.3, 0.4) is 0 Å². The van der Waals surface area contributed by atoms with Gasteiger partial charge in [0.15, 0.2) is 0 Å². The molecule has 0 spiro atoms. The number of likely N-dealkylation sites (N-methyl/N-ethyl adjacent to an activating group) is 1. The molecule has 16 heavy (non-hydrogen) atoms. The van der Waals surface area contributed by atoms with Crippen LogP contribution in [-0.2, 0) is 4.74 Å². The molecule has 0 radical (unpaired) electrons. The van der Waals surface area contributed by atoms with E-state index < -0.39 is 0 Å². The van der Waals surface area contributed by atoms with E-state index in [4.69, 9.17) is 4.74 Å². The van der Waals surface area contributed by atoms with E-state index in [0.717, 1.165) is 26.1 Å². The highest BCUT2D eigenvalue weighted by molar-refractivity contribution is 4.83. The number of likely N-dealkylation sites (tertiary alicyclic amines) is 1. The molecule has 1 N–H and O–H groups in total. The molecule has 96 valence electrons. The highest BCUT2D eigenvalue weighted by atomic mass is 16.5. The molecule has 3 heteroatoms. The Morgan fingerprint density at radius 1 is 1.44 bits per heavy atom. The molecular weight excluding hydrogens is 200 g/mol. The number of nitrogens with zero attached hydrogens (tertiary/aromatic N) is 1. The molecule has 1 aliphatic rings. The van der Waals surface area contributed by atoms with Gasteiger partial charge in [-0.2, -0.15) is 0 Å². The molecule has 0 aromatic heterocycles. The van der Waals surface area contributed by atoms with Crippen LogP contribution >= 0.6 is 0 Å². The zero-order valence-electron chi connectivity index (χ0n) is 11.4. The summed E-state index contributed by atoms with van der Waals surface area (Å²) in [6, 6.07) is 0. The monoisotopic (exact) mass is 228 g/mol. The summed E-state index contributed by atoms with van der Waals surface area (Å²) in [5.74, 6) is 0. The Morgan fingerprint density at radius 2 is 2.19 bits per heavy atom. The Morgan fingerprint density at radius 3 is 2.81 bits per heavy atom. The summed E-state index contributed by atoms with van der Waals surface area (Å²) in [5, 5.41) is 3.36. The number of hydrogen-bond donors (Lipinski definition) is 1. The number of piperidine rings is 1. The molecule has 1 aliphatic heterocycles. The average molecular weight is 228 g/mol. The van der Waals surface area contributed by atoms with Gasteiger partial charge in [0.1, 0.15) is 0 Å². The van der Waals surface area contributed by atoms with E-state index in [1.807, 2.05) is 7.05 Å². The minimum atomic E-state index is 0.201. The van der Waals surface area contributed by atoms with Gasteiger partial charge in [0.05, 0.1) is 6.10 Å². The normalized spacial score (nSPS) is 23.6. The highest BCUT2D eigenvalue weighted by Crippen LogP contribution is 2.16. The van der Waals surface area contributed by atoms with Crippen LogP contribution < -0.4 is 5.32 Å². The summed E-state index contributed by atoms with van der Waals surface area (Å²) in [6.07, 6.45) is 4.09. The standard InChI is InChI=1S/C13H28N2O/c1-5-9-16-12-7-6-8-15(10-12)11-13(2,3)14-4/h12,14H,5-11H2,1-4H3. The predicted octanol–water partition coefficient (Wildman–Crippen LogP) is 1.88. The van der Waals surface area contributed by atoms with Gasteiger partial charge in [0, 0.05) is 25.2 Å². The van der Waals surface area contributed by atoms with Gasteiger partial charge in [-0.05, 0) is 46.7 Å². The number of ether oxygens (including phenoxy) is 1. The fourth-order valence-electron chi connectivity index (χ4n) is 2.22. The number of nitrogens with one attached hydrogen (secondary N) is 1. The first-order chi connectivity index (χ1) is 7.57. The van der Waals surface area contributed by atoms with Gasteiger partial charge in [-0.1, -0.05) is 6.92 Å². The zero-order chi connectivity index (χ0) is 12.0. The predicted molar refractivity (Wildman–Crippen MR) is 68.8 cm³/mol. The van der Waals surface area contributed by atoms with Crippen LogP contribution in [0.2, 0.25) is 0 Å². The zero-order valence-corrected chi connectivity index (χ0v) is 11.4. The highest BCUT2D eigenvalue weighted by Gasteiger charge is 2.25. The van der Waals surface area contributed by atoms with Crippen molar-refractivity contribution in [1.29, 1.82) is 0 Å². The topological polar surface area (TPSA) is 24.5 Å². The largest absolute Gasteiger partial charge is 0.377 e. The molecular formula is C13H28N2O. The van der Waals surface area contributed by atoms with Crippen molar-refractivity contribution in [2.24, 2.45) is 0 Å². The summed E-state index contributed by atoms with van der Waals surface area (Å²) >= 11 is 0. The van der Waals surface area contributed by atoms with Crippen molar-refractivity contribution >= 4 is 0 Å². The molecule has 1 unspecified atom stereocenters. The number of hydrogen-bond acceptors (Lipinski definition) is 3. The van der Waals surface area contributed by atoms with Crippen molar-refractivity contribution in [2.45, 2.75) is 51.7 Å². The van der Waals surface area contributed by atoms with Crippen molar-refractivity contribution < 1.29 is 4.74 Å². The quantitative estimate of drug-likeness (QED) is 0.751. The molecule has 0 aromatic rings. The van der Waals surface area contributed by atoms with Crippen LogP contribution in [0, 0.1) is 0 Å². The Kier molecular flexibility index (Phi) is 5.73. The third-order valence-corrected chi connectivity index (χ3v) is 3.32. The van der Waals surface area contributed by atoms with Gasteiger partial charge >= 0.3 is 0 Å². The minimum absolute atomic E-state index is 0.201. The van der Waals surface area contributed by atoms with E-state index in [-0.39, 0.29) is 5.54 Å². The van der Waals surface area contributed by atoms with Crippen molar-refractivity contribution in [1.82, 2.24) is 10.2 Å². The van der Waals surface area contributed by atoms with E-state index in [2.05, 4.69) is 31.0 Å². The molecule has 0 bridgehead atoms. The smallest absolute Gasteiger partial charge is 0.0702 e.